The van der Waals surface area contributed by atoms with Crippen molar-refractivity contribution in [2.24, 2.45) is 5.73 Å². The molecular weight excluding hydrogens is 340 g/mol. The molecule has 7 heteroatoms. The van der Waals surface area contributed by atoms with E-state index in [9.17, 15) is 13.6 Å². The smallest absolute Gasteiger partial charge is 0.387 e. The average Bonchev–Trinajstić information content (AvgIpc) is 2.53. The number of aryl methyl sites for hydroxylation is 1. The van der Waals surface area contributed by atoms with Gasteiger partial charge in [-0.3, -0.25) is 9.78 Å². The zero-order valence-electron chi connectivity index (χ0n) is 15.4. The van der Waals surface area contributed by atoms with E-state index in [1.54, 1.807) is 30.5 Å². The summed E-state index contributed by atoms with van der Waals surface area (Å²) in [5, 5.41) is 3.28. The lowest BCUT2D eigenvalue weighted by Crippen LogP contribution is -2.35. The number of hydrogen-bond donors (Lipinski definition) is 2. The Morgan fingerprint density at radius 3 is 2.46 bits per heavy atom. The van der Waals surface area contributed by atoms with E-state index >= 15 is 0 Å². The van der Waals surface area contributed by atoms with Crippen molar-refractivity contribution in [1.82, 2.24) is 10.3 Å². The third-order valence-electron chi connectivity index (χ3n) is 3.13. The predicted octanol–water partition coefficient (Wildman–Crippen LogP) is 3.67. The lowest BCUT2D eigenvalue weighted by atomic mass is 10.1. The van der Waals surface area contributed by atoms with E-state index in [0.717, 1.165) is 11.3 Å². The number of halogens is 2. The summed E-state index contributed by atoms with van der Waals surface area (Å²) in [6.45, 7) is 5.81. The number of carbonyl (C=O) groups excluding carboxylic acids is 1. The Bertz CT molecular complexity index is 716. The van der Waals surface area contributed by atoms with E-state index in [0.29, 0.717) is 12.1 Å². The van der Waals surface area contributed by atoms with Crippen LogP contribution in [-0.2, 0) is 6.54 Å². The van der Waals surface area contributed by atoms with Gasteiger partial charge < -0.3 is 15.8 Å². The van der Waals surface area contributed by atoms with Crippen molar-refractivity contribution in [1.29, 1.82) is 0 Å². The molecule has 1 aromatic heterocycles. The van der Waals surface area contributed by atoms with Crippen LogP contribution in [0, 0.1) is 6.92 Å². The maximum Gasteiger partial charge on any atom is 0.387 e. The van der Waals surface area contributed by atoms with Crippen LogP contribution in [0.1, 0.15) is 42.4 Å². The molecule has 0 saturated carbocycles. The lowest BCUT2D eigenvalue weighted by molar-refractivity contribution is -0.0498. The first kappa shape index (κ1) is 21.5. The van der Waals surface area contributed by atoms with Crippen molar-refractivity contribution in [3.63, 3.8) is 0 Å². The van der Waals surface area contributed by atoms with Crippen molar-refractivity contribution in [2.75, 3.05) is 0 Å². The Labute approximate surface area is 152 Å². The molecule has 0 aliphatic heterocycles. The number of benzene rings is 1. The molecule has 1 amide bonds. The van der Waals surface area contributed by atoms with Gasteiger partial charge in [0.05, 0.1) is 0 Å². The number of nitrogens with two attached hydrogens (primary N) is 1. The Hall–Kier alpha value is -2.54. The number of primary amides is 1. The highest BCUT2D eigenvalue weighted by molar-refractivity contribution is 5.92. The summed E-state index contributed by atoms with van der Waals surface area (Å²) in [7, 11) is 0. The molecule has 1 aromatic carbocycles. The van der Waals surface area contributed by atoms with Gasteiger partial charge in [-0.2, -0.15) is 8.78 Å². The lowest BCUT2D eigenvalue weighted by Gasteiger charge is -2.20. The van der Waals surface area contributed by atoms with Gasteiger partial charge in [0, 0.05) is 29.5 Å². The van der Waals surface area contributed by atoms with Gasteiger partial charge >= 0.3 is 6.61 Å². The normalized spacial score (nSPS) is 10.9. The SMILES string of the molecule is CC(C)(C)NCc1cccc(OC(F)F)c1.Cc1cc(C(N)=O)ccn1. The minimum atomic E-state index is -2.77. The zero-order valence-corrected chi connectivity index (χ0v) is 15.4. The Kier molecular flexibility index (Phi) is 8.12. The quantitative estimate of drug-likeness (QED) is 0.848. The maximum absolute atomic E-state index is 12.0. The van der Waals surface area contributed by atoms with Gasteiger partial charge in [0.2, 0.25) is 5.91 Å². The number of nitrogens with zero attached hydrogens (tertiary/aromatic N) is 1. The van der Waals surface area contributed by atoms with Gasteiger partial charge in [-0.05, 0) is 57.5 Å². The molecule has 3 N–H and O–H groups in total. The third-order valence-corrected chi connectivity index (χ3v) is 3.13. The van der Waals surface area contributed by atoms with E-state index in [2.05, 4.69) is 15.0 Å². The van der Waals surface area contributed by atoms with Crippen LogP contribution in [0.15, 0.2) is 42.6 Å². The minimum absolute atomic E-state index is 0.000420. The maximum atomic E-state index is 12.0. The molecule has 0 atom stereocenters. The van der Waals surface area contributed by atoms with E-state index in [1.165, 1.54) is 6.07 Å². The second-order valence-electron chi connectivity index (χ2n) is 6.68. The molecule has 0 aliphatic rings. The molecule has 2 rings (SSSR count). The summed E-state index contributed by atoms with van der Waals surface area (Å²) < 4.78 is 28.3. The first-order valence-electron chi connectivity index (χ1n) is 8.08. The molecule has 0 bridgehead atoms. The molecule has 0 unspecified atom stereocenters. The van der Waals surface area contributed by atoms with Gasteiger partial charge in [-0.15, -0.1) is 0 Å². The molecule has 1 heterocycles. The number of rotatable bonds is 5. The standard InChI is InChI=1S/C12H17F2NO.C7H8N2O/c1-12(2,3)15-8-9-5-4-6-10(7-9)16-11(13)14;1-5-4-6(7(8)10)2-3-9-5/h4-7,11,15H,8H2,1-3H3;2-4H,1H3,(H2,8,10). The van der Waals surface area contributed by atoms with Crippen LogP contribution in [0.2, 0.25) is 0 Å². The fourth-order valence-corrected chi connectivity index (χ4v) is 1.90. The highest BCUT2D eigenvalue weighted by Gasteiger charge is 2.09. The van der Waals surface area contributed by atoms with Crippen molar-refractivity contribution >= 4 is 5.91 Å². The summed E-state index contributed by atoms with van der Waals surface area (Å²) >= 11 is 0. The van der Waals surface area contributed by atoms with E-state index in [1.807, 2.05) is 33.8 Å². The van der Waals surface area contributed by atoms with Crippen LogP contribution in [-0.4, -0.2) is 23.0 Å². The summed E-state index contributed by atoms with van der Waals surface area (Å²) in [4.78, 5) is 14.5. The number of carbonyl (C=O) groups is 1. The van der Waals surface area contributed by atoms with E-state index < -0.39 is 12.5 Å². The Morgan fingerprint density at radius 2 is 1.96 bits per heavy atom. The fraction of sp³-hybridized carbons (Fsp3) is 0.368. The summed E-state index contributed by atoms with van der Waals surface area (Å²) in [5.41, 5.74) is 7.25. The zero-order chi connectivity index (χ0) is 19.7. The minimum Gasteiger partial charge on any atom is -0.435 e. The topological polar surface area (TPSA) is 77.2 Å². The van der Waals surface area contributed by atoms with Gasteiger partial charge in [-0.25, -0.2) is 0 Å². The van der Waals surface area contributed by atoms with Crippen LogP contribution in [0.5, 0.6) is 5.75 Å². The molecule has 0 saturated heterocycles. The highest BCUT2D eigenvalue weighted by atomic mass is 19.3. The molecule has 142 valence electrons. The molecule has 2 aromatic rings. The van der Waals surface area contributed by atoms with Crippen molar-refractivity contribution in [2.45, 2.75) is 46.4 Å². The predicted molar refractivity (Wildman–Crippen MR) is 97.2 cm³/mol. The van der Waals surface area contributed by atoms with Crippen molar-refractivity contribution in [3.8, 4) is 5.75 Å². The third kappa shape index (κ3) is 9.08. The molecule has 0 fully saturated rings. The number of aromatic nitrogens is 1. The van der Waals surface area contributed by atoms with Crippen LogP contribution in [0.25, 0.3) is 0 Å². The molecule has 0 spiro atoms. The van der Waals surface area contributed by atoms with Crippen molar-refractivity contribution < 1.29 is 18.3 Å². The monoisotopic (exact) mass is 365 g/mol. The van der Waals surface area contributed by atoms with Crippen LogP contribution in [0.4, 0.5) is 8.78 Å². The van der Waals surface area contributed by atoms with Gasteiger partial charge in [0.1, 0.15) is 5.75 Å². The highest BCUT2D eigenvalue weighted by Crippen LogP contribution is 2.16. The molecule has 5 nitrogen and oxygen atoms in total. The summed E-state index contributed by atoms with van der Waals surface area (Å²) in [6, 6.07) is 9.96. The van der Waals surface area contributed by atoms with E-state index in [-0.39, 0.29) is 11.3 Å². The van der Waals surface area contributed by atoms with Crippen LogP contribution >= 0.6 is 0 Å². The van der Waals surface area contributed by atoms with Gasteiger partial charge in [0.25, 0.3) is 0 Å². The van der Waals surface area contributed by atoms with Crippen molar-refractivity contribution in [3.05, 3.63) is 59.4 Å². The number of ether oxygens (including phenoxy) is 1. The molecule has 0 radical (unpaired) electrons. The number of alkyl halides is 2. The fourth-order valence-electron chi connectivity index (χ4n) is 1.90. The molecule has 26 heavy (non-hydrogen) atoms. The summed E-state index contributed by atoms with van der Waals surface area (Å²) in [6.07, 6.45) is 1.56. The Balaban J connectivity index is 0.000000289. The van der Waals surface area contributed by atoms with Gasteiger partial charge in [0.15, 0.2) is 0 Å². The summed E-state index contributed by atoms with van der Waals surface area (Å²) in [5.74, 6) is -0.214. The molecule has 0 aliphatic carbocycles. The van der Waals surface area contributed by atoms with Crippen LogP contribution in [0.3, 0.4) is 0 Å². The average molecular weight is 365 g/mol. The Morgan fingerprint density at radius 1 is 1.27 bits per heavy atom. The molecular formula is C19H25F2N3O2. The second-order valence-corrected chi connectivity index (χ2v) is 6.68. The number of pyridine rings is 1. The first-order valence-corrected chi connectivity index (χ1v) is 8.08. The van der Waals surface area contributed by atoms with Gasteiger partial charge in [-0.1, -0.05) is 12.1 Å². The number of nitrogens with one attached hydrogen (secondary N) is 1. The van der Waals surface area contributed by atoms with E-state index in [4.69, 9.17) is 5.73 Å². The first-order chi connectivity index (χ1) is 12.1. The largest absolute Gasteiger partial charge is 0.435 e. The second kappa shape index (κ2) is 9.82. The number of amides is 1. The van der Waals surface area contributed by atoms with Crippen LogP contribution < -0.4 is 15.8 Å². The number of hydrogen-bond acceptors (Lipinski definition) is 4.